The molecule has 0 fully saturated rings. The Bertz CT molecular complexity index is 573. The highest BCUT2D eigenvalue weighted by Crippen LogP contribution is 2.28. The molecule has 18 heavy (non-hydrogen) atoms. The second-order valence-corrected chi connectivity index (χ2v) is 3.78. The summed E-state index contributed by atoms with van der Waals surface area (Å²) >= 11 is 0. The van der Waals surface area contributed by atoms with E-state index in [4.69, 9.17) is 0 Å². The Morgan fingerprint density at radius 2 is 1.50 bits per heavy atom. The summed E-state index contributed by atoms with van der Waals surface area (Å²) in [5, 5.41) is 0. The van der Waals surface area contributed by atoms with Crippen molar-refractivity contribution in [3.63, 3.8) is 0 Å². The third-order valence-corrected chi connectivity index (χ3v) is 2.62. The van der Waals surface area contributed by atoms with Crippen LogP contribution in [0.2, 0.25) is 0 Å². The standard InChI is InChI=1S/C13H8F4O/c1-7-11(14)4-8(5-12(7)15)10-3-2-9(18-17)6-13(10)16/h2-6H,1H3. The molecule has 5 heteroatoms. The topological polar surface area (TPSA) is 9.23 Å². The molecule has 0 amide bonds. The summed E-state index contributed by atoms with van der Waals surface area (Å²) in [5.74, 6) is -2.68. The Morgan fingerprint density at radius 3 is 2.00 bits per heavy atom. The van der Waals surface area contributed by atoms with E-state index in [2.05, 4.69) is 4.94 Å². The fraction of sp³-hybridized carbons (Fsp3) is 0.0769. The molecule has 0 heterocycles. The van der Waals surface area contributed by atoms with Crippen molar-refractivity contribution in [3.8, 4) is 16.9 Å². The first-order valence-corrected chi connectivity index (χ1v) is 5.07. The van der Waals surface area contributed by atoms with Crippen LogP contribution in [0.15, 0.2) is 30.3 Å². The van der Waals surface area contributed by atoms with Gasteiger partial charge in [-0.2, -0.15) is 0 Å². The van der Waals surface area contributed by atoms with Gasteiger partial charge in [-0.3, -0.25) is 4.94 Å². The normalized spacial score (nSPS) is 10.5. The Hall–Kier alpha value is -2.04. The molecule has 2 rings (SSSR count). The number of benzene rings is 2. The lowest BCUT2D eigenvalue weighted by Crippen LogP contribution is -1.92. The Balaban J connectivity index is 2.55. The SMILES string of the molecule is Cc1c(F)cc(-c2ccc(OF)cc2F)cc1F. The van der Waals surface area contributed by atoms with E-state index in [9.17, 15) is 17.7 Å². The van der Waals surface area contributed by atoms with Gasteiger partial charge in [-0.1, -0.05) is 0 Å². The number of rotatable bonds is 2. The van der Waals surface area contributed by atoms with Crippen LogP contribution >= 0.6 is 0 Å². The molecule has 0 N–H and O–H groups in total. The first kappa shape index (κ1) is 12.4. The van der Waals surface area contributed by atoms with Crippen LogP contribution in [0.5, 0.6) is 5.75 Å². The molecule has 0 saturated heterocycles. The lowest BCUT2D eigenvalue weighted by molar-refractivity contribution is -0.00652. The maximum Gasteiger partial charge on any atom is 0.174 e. The van der Waals surface area contributed by atoms with Gasteiger partial charge in [0.1, 0.15) is 17.5 Å². The van der Waals surface area contributed by atoms with Crippen molar-refractivity contribution in [2.75, 3.05) is 0 Å². The highest BCUT2D eigenvalue weighted by molar-refractivity contribution is 5.65. The molecular weight excluding hydrogens is 248 g/mol. The van der Waals surface area contributed by atoms with E-state index in [1.54, 1.807) is 0 Å². The molecule has 0 aliphatic rings. The van der Waals surface area contributed by atoms with Crippen molar-refractivity contribution in [3.05, 3.63) is 53.3 Å². The quantitative estimate of drug-likeness (QED) is 0.726. The lowest BCUT2D eigenvalue weighted by atomic mass is 10.0. The summed E-state index contributed by atoms with van der Waals surface area (Å²) in [4.78, 5) is 3.36. The Labute approximate surface area is 101 Å². The fourth-order valence-electron chi connectivity index (χ4n) is 1.58. The van der Waals surface area contributed by atoms with Crippen LogP contribution in [0, 0.1) is 24.4 Å². The lowest BCUT2D eigenvalue weighted by Gasteiger charge is -2.07. The van der Waals surface area contributed by atoms with E-state index < -0.39 is 17.5 Å². The van der Waals surface area contributed by atoms with E-state index in [0.29, 0.717) is 0 Å². The van der Waals surface area contributed by atoms with Gasteiger partial charge in [-0.15, -0.1) is 0 Å². The smallest absolute Gasteiger partial charge is 0.174 e. The molecule has 0 saturated carbocycles. The van der Waals surface area contributed by atoms with Gasteiger partial charge in [-0.25, -0.2) is 13.2 Å². The number of hydrogen-bond acceptors (Lipinski definition) is 1. The maximum absolute atomic E-state index is 13.6. The molecule has 0 aliphatic carbocycles. The van der Waals surface area contributed by atoms with Gasteiger partial charge in [0.2, 0.25) is 0 Å². The average molecular weight is 256 g/mol. The molecule has 2 aromatic carbocycles. The minimum absolute atomic E-state index is 0.0337. The van der Waals surface area contributed by atoms with Crippen LogP contribution < -0.4 is 4.94 Å². The third-order valence-electron chi connectivity index (χ3n) is 2.62. The summed E-state index contributed by atoms with van der Waals surface area (Å²) in [6.07, 6.45) is 0. The average Bonchev–Trinajstić information content (AvgIpc) is 2.35. The van der Waals surface area contributed by atoms with Crippen LogP contribution in [0.3, 0.4) is 0 Å². The minimum atomic E-state index is -0.826. The van der Waals surface area contributed by atoms with Gasteiger partial charge in [-0.05, 0) is 36.8 Å². The van der Waals surface area contributed by atoms with Gasteiger partial charge in [0.15, 0.2) is 5.75 Å². The highest BCUT2D eigenvalue weighted by atomic mass is 19.3. The minimum Gasteiger partial charge on any atom is -0.294 e. The van der Waals surface area contributed by atoms with E-state index in [1.165, 1.54) is 13.0 Å². The second-order valence-electron chi connectivity index (χ2n) is 3.78. The summed E-state index contributed by atoms with van der Waals surface area (Å²) in [6, 6.07) is 5.19. The summed E-state index contributed by atoms with van der Waals surface area (Å²) in [5.41, 5.74) is -0.130. The van der Waals surface area contributed by atoms with Crippen molar-refractivity contribution < 1.29 is 22.6 Å². The zero-order chi connectivity index (χ0) is 13.3. The van der Waals surface area contributed by atoms with Crippen LogP contribution in [0.4, 0.5) is 17.7 Å². The molecule has 0 aromatic heterocycles. The molecule has 0 bridgehead atoms. The molecule has 0 aliphatic heterocycles. The molecule has 0 radical (unpaired) electrons. The molecule has 0 unspecified atom stereocenters. The molecule has 0 spiro atoms. The van der Waals surface area contributed by atoms with Crippen molar-refractivity contribution in [1.29, 1.82) is 0 Å². The Kier molecular flexibility index (Phi) is 3.23. The fourth-order valence-corrected chi connectivity index (χ4v) is 1.58. The molecule has 0 atom stereocenters. The van der Waals surface area contributed by atoms with Gasteiger partial charge in [0.25, 0.3) is 0 Å². The molecule has 2 aromatic rings. The zero-order valence-corrected chi connectivity index (χ0v) is 9.31. The first-order chi connectivity index (χ1) is 8.52. The monoisotopic (exact) mass is 256 g/mol. The van der Waals surface area contributed by atoms with E-state index in [0.717, 1.165) is 24.3 Å². The van der Waals surface area contributed by atoms with Crippen LogP contribution in [-0.4, -0.2) is 0 Å². The van der Waals surface area contributed by atoms with Crippen molar-refractivity contribution in [2.45, 2.75) is 6.92 Å². The largest absolute Gasteiger partial charge is 0.294 e. The third kappa shape index (κ3) is 2.16. The van der Waals surface area contributed by atoms with Crippen molar-refractivity contribution in [2.24, 2.45) is 0 Å². The first-order valence-electron chi connectivity index (χ1n) is 5.07. The molecule has 1 nitrogen and oxygen atoms in total. The molecule has 94 valence electrons. The summed E-state index contributed by atoms with van der Waals surface area (Å²) in [7, 11) is 0. The number of halogens is 4. The van der Waals surface area contributed by atoms with E-state index in [1.807, 2.05) is 0 Å². The van der Waals surface area contributed by atoms with Crippen molar-refractivity contribution in [1.82, 2.24) is 0 Å². The second kappa shape index (κ2) is 4.68. The van der Waals surface area contributed by atoms with Crippen LogP contribution in [0.25, 0.3) is 11.1 Å². The maximum atomic E-state index is 13.6. The predicted octanol–water partition coefficient (Wildman–Crippen LogP) is 4.34. The van der Waals surface area contributed by atoms with E-state index in [-0.39, 0.29) is 22.4 Å². The van der Waals surface area contributed by atoms with Crippen LogP contribution in [-0.2, 0) is 0 Å². The van der Waals surface area contributed by atoms with Crippen LogP contribution in [0.1, 0.15) is 5.56 Å². The highest BCUT2D eigenvalue weighted by Gasteiger charge is 2.12. The van der Waals surface area contributed by atoms with Gasteiger partial charge in [0.05, 0.1) is 0 Å². The summed E-state index contributed by atoms with van der Waals surface area (Å²) in [6.45, 7) is 1.28. The zero-order valence-electron chi connectivity index (χ0n) is 9.31. The van der Waals surface area contributed by atoms with Gasteiger partial charge < -0.3 is 0 Å². The predicted molar refractivity (Wildman–Crippen MR) is 58.2 cm³/mol. The van der Waals surface area contributed by atoms with E-state index >= 15 is 0 Å². The van der Waals surface area contributed by atoms with Gasteiger partial charge >= 0.3 is 0 Å². The Morgan fingerprint density at radius 1 is 0.889 bits per heavy atom. The van der Waals surface area contributed by atoms with Crippen molar-refractivity contribution >= 4 is 0 Å². The van der Waals surface area contributed by atoms with Gasteiger partial charge in [0, 0.05) is 21.7 Å². The molecular formula is C13H8F4O. The number of hydrogen-bond donors (Lipinski definition) is 0. The summed E-state index contributed by atoms with van der Waals surface area (Å²) < 4.78 is 52.1.